The summed E-state index contributed by atoms with van der Waals surface area (Å²) in [6.07, 6.45) is -1.32. The third-order valence-corrected chi connectivity index (χ3v) is 5.28. The number of hydrogen-bond donors (Lipinski definition) is 8. The lowest BCUT2D eigenvalue weighted by molar-refractivity contribution is -0.144. The Morgan fingerprint density at radius 1 is 0.976 bits per heavy atom. The minimum Gasteiger partial charge on any atom is -0.481 e. The zero-order valence-corrected chi connectivity index (χ0v) is 22.0. The largest absolute Gasteiger partial charge is 0.481 e. The smallest absolute Gasteiger partial charge is 0.326 e. The molecular weight excluding hydrogens is 542 g/mol. The van der Waals surface area contributed by atoms with Crippen molar-refractivity contribution >= 4 is 23.8 Å². The minimum atomic E-state index is -1.50. The molecule has 0 fully saturated rings. The van der Waals surface area contributed by atoms with Gasteiger partial charge in [0.2, 0.25) is 11.9 Å². The number of carboxylic acid groups (broad SMARTS) is 2. The second kappa shape index (κ2) is 15.3. The van der Waals surface area contributed by atoms with Crippen LogP contribution in [0.5, 0.6) is 6.01 Å². The molecule has 0 spiro atoms. The summed E-state index contributed by atoms with van der Waals surface area (Å²) in [6, 6.07) is 5.80. The maximum Gasteiger partial charge on any atom is 0.326 e. The number of anilines is 2. The van der Waals surface area contributed by atoms with Gasteiger partial charge in [-0.05, 0) is 17.7 Å². The zero-order chi connectivity index (χ0) is 29.8. The topological polar surface area (TPSA) is 258 Å². The first-order valence-electron chi connectivity index (χ1n) is 12.5. The molecule has 17 nitrogen and oxygen atoms in total. The Morgan fingerprint density at radius 3 is 2.34 bits per heavy atom. The summed E-state index contributed by atoms with van der Waals surface area (Å²) in [4.78, 5) is 47.5. The van der Waals surface area contributed by atoms with Gasteiger partial charge in [0.25, 0.3) is 6.41 Å². The van der Waals surface area contributed by atoms with Gasteiger partial charge in [-0.2, -0.15) is 24.9 Å². The van der Waals surface area contributed by atoms with E-state index >= 15 is 0 Å². The van der Waals surface area contributed by atoms with Crippen molar-refractivity contribution in [2.45, 2.75) is 44.7 Å². The molecule has 0 aliphatic heterocycles. The van der Waals surface area contributed by atoms with Crippen molar-refractivity contribution in [3.63, 3.8) is 0 Å². The number of nitrogens with one attached hydrogen (secondary N) is 3. The fourth-order valence-corrected chi connectivity index (χ4v) is 3.43. The number of benzene rings is 1. The monoisotopic (exact) mass is 573 g/mol. The molecule has 8 N–H and O–H groups in total. The van der Waals surface area contributed by atoms with Gasteiger partial charge in [-0.15, -0.1) is 0 Å². The average molecular weight is 574 g/mol. The SMILES string of the molecule is CCNC(O)Oc1ncnc(Cc2cccc(Cc3nc(NCC(O)CO)nc(NC(CC(=O)O)C(=O)O)n3)c2)n1. The molecule has 220 valence electrons. The molecule has 17 heteroatoms. The van der Waals surface area contributed by atoms with Crippen LogP contribution >= 0.6 is 0 Å². The Morgan fingerprint density at radius 2 is 1.68 bits per heavy atom. The summed E-state index contributed by atoms with van der Waals surface area (Å²) in [5.74, 6) is -2.32. The van der Waals surface area contributed by atoms with E-state index in [4.69, 9.17) is 14.9 Å². The summed E-state index contributed by atoms with van der Waals surface area (Å²) in [6.45, 7) is 1.68. The molecule has 3 atom stereocenters. The predicted molar refractivity (Wildman–Crippen MR) is 141 cm³/mol. The molecule has 3 unspecified atom stereocenters. The highest BCUT2D eigenvalue weighted by atomic mass is 16.6. The first-order chi connectivity index (χ1) is 19.6. The molecule has 2 heterocycles. The number of aliphatic hydroxyl groups is 3. The van der Waals surface area contributed by atoms with Gasteiger partial charge < -0.3 is 40.9 Å². The number of ether oxygens (including phenoxy) is 1. The highest BCUT2D eigenvalue weighted by Gasteiger charge is 2.23. The number of aliphatic hydroxyl groups excluding tert-OH is 3. The lowest BCUT2D eigenvalue weighted by Crippen LogP contribution is -2.34. The molecule has 0 radical (unpaired) electrons. The van der Waals surface area contributed by atoms with E-state index in [-0.39, 0.29) is 36.7 Å². The summed E-state index contributed by atoms with van der Waals surface area (Å²) in [5.41, 5.74) is 1.60. The van der Waals surface area contributed by atoms with Crippen LogP contribution in [0.1, 0.15) is 36.1 Å². The first kappa shape index (κ1) is 31.0. The van der Waals surface area contributed by atoms with Crippen molar-refractivity contribution in [3.8, 4) is 6.01 Å². The Hall–Kier alpha value is -4.58. The molecule has 2 aromatic heterocycles. The highest BCUT2D eigenvalue weighted by Crippen LogP contribution is 2.15. The third kappa shape index (κ3) is 10.5. The number of hydrogen-bond acceptors (Lipinski definition) is 15. The van der Waals surface area contributed by atoms with E-state index < -0.39 is 43.5 Å². The fourth-order valence-electron chi connectivity index (χ4n) is 3.43. The summed E-state index contributed by atoms with van der Waals surface area (Å²) in [7, 11) is 0. The van der Waals surface area contributed by atoms with E-state index in [1.165, 1.54) is 6.33 Å². The Balaban J connectivity index is 1.80. The van der Waals surface area contributed by atoms with Gasteiger partial charge in [0.05, 0.1) is 19.1 Å². The van der Waals surface area contributed by atoms with Crippen LogP contribution in [0, 0.1) is 0 Å². The molecule has 0 aliphatic rings. The van der Waals surface area contributed by atoms with Gasteiger partial charge in [-0.3, -0.25) is 10.1 Å². The minimum absolute atomic E-state index is 0.0157. The van der Waals surface area contributed by atoms with E-state index in [0.29, 0.717) is 18.8 Å². The third-order valence-electron chi connectivity index (χ3n) is 5.28. The van der Waals surface area contributed by atoms with Crippen LogP contribution in [0.2, 0.25) is 0 Å². The molecule has 1 aromatic carbocycles. The lowest BCUT2D eigenvalue weighted by Gasteiger charge is -2.15. The number of rotatable bonds is 17. The van der Waals surface area contributed by atoms with Crippen molar-refractivity contribution in [2.24, 2.45) is 0 Å². The number of carbonyl (C=O) groups is 2. The van der Waals surface area contributed by atoms with Gasteiger partial charge in [0, 0.05) is 19.4 Å². The number of carboxylic acids is 2. The number of nitrogens with zero attached hydrogens (tertiary/aromatic N) is 6. The first-order valence-corrected chi connectivity index (χ1v) is 12.5. The standard InChI is InChI=1S/C24H31N9O8/c1-2-25-24(40)41-23-28-12-27-17(32-23)7-13-4-3-5-14(6-13)8-18-30-21(26-10-15(35)11-34)33-22(31-18)29-16(20(38)39)9-19(36)37/h3-6,12,15-16,24-25,34-35,40H,2,7-11H2,1H3,(H,36,37)(H,38,39)(H2,26,29,30,31,33). The van der Waals surface area contributed by atoms with Crippen molar-refractivity contribution in [2.75, 3.05) is 30.3 Å². The summed E-state index contributed by atoms with van der Waals surface area (Å²) in [5, 5.41) is 54.8. The van der Waals surface area contributed by atoms with Gasteiger partial charge in [-0.1, -0.05) is 31.2 Å². The molecule has 0 aliphatic carbocycles. The lowest BCUT2D eigenvalue weighted by atomic mass is 10.1. The Bertz CT molecular complexity index is 1320. The van der Waals surface area contributed by atoms with Crippen molar-refractivity contribution < 1.29 is 39.9 Å². The van der Waals surface area contributed by atoms with Crippen LogP contribution in [0.4, 0.5) is 11.9 Å². The molecule has 3 aromatic rings. The van der Waals surface area contributed by atoms with Gasteiger partial charge in [0.15, 0.2) is 0 Å². The highest BCUT2D eigenvalue weighted by molar-refractivity contribution is 5.82. The van der Waals surface area contributed by atoms with Gasteiger partial charge >= 0.3 is 17.9 Å². The van der Waals surface area contributed by atoms with Gasteiger partial charge in [0.1, 0.15) is 24.0 Å². The van der Waals surface area contributed by atoms with Crippen LogP contribution in [0.3, 0.4) is 0 Å². The molecule has 3 rings (SSSR count). The second-order valence-electron chi connectivity index (χ2n) is 8.63. The predicted octanol–water partition coefficient (Wildman–Crippen LogP) is -1.39. The van der Waals surface area contributed by atoms with Crippen molar-refractivity contribution in [1.29, 1.82) is 0 Å². The van der Waals surface area contributed by atoms with E-state index in [0.717, 1.165) is 11.1 Å². The van der Waals surface area contributed by atoms with Crippen LogP contribution in [-0.2, 0) is 22.4 Å². The van der Waals surface area contributed by atoms with Crippen LogP contribution in [0.15, 0.2) is 30.6 Å². The molecule has 41 heavy (non-hydrogen) atoms. The fraction of sp³-hybridized carbons (Fsp3) is 0.417. The molecule has 0 saturated heterocycles. The van der Waals surface area contributed by atoms with Crippen LogP contribution in [-0.4, -0.2) is 106 Å². The van der Waals surface area contributed by atoms with Gasteiger partial charge in [-0.25, -0.2) is 9.78 Å². The maximum absolute atomic E-state index is 11.5. The quantitative estimate of drug-likeness (QED) is 0.0864. The molecular formula is C24H31N9O8. The number of aliphatic carboxylic acids is 2. The second-order valence-corrected chi connectivity index (χ2v) is 8.63. The average Bonchev–Trinajstić information content (AvgIpc) is 2.91. The Kier molecular flexibility index (Phi) is 11.5. The molecule has 0 saturated carbocycles. The summed E-state index contributed by atoms with van der Waals surface area (Å²) < 4.78 is 5.21. The Labute approximate surface area is 233 Å². The van der Waals surface area contributed by atoms with Crippen LogP contribution in [0.25, 0.3) is 0 Å². The van der Waals surface area contributed by atoms with Crippen molar-refractivity contribution in [3.05, 3.63) is 53.4 Å². The van der Waals surface area contributed by atoms with Crippen molar-refractivity contribution in [1.82, 2.24) is 35.2 Å². The molecule has 0 bridgehead atoms. The van der Waals surface area contributed by atoms with Crippen LogP contribution < -0.4 is 20.7 Å². The van der Waals surface area contributed by atoms with E-state index in [2.05, 4.69) is 45.9 Å². The molecule has 0 amide bonds. The van der Waals surface area contributed by atoms with E-state index in [1.54, 1.807) is 6.92 Å². The normalized spacial score (nSPS) is 13.2. The zero-order valence-electron chi connectivity index (χ0n) is 22.0. The van der Waals surface area contributed by atoms with E-state index in [1.807, 2.05) is 24.3 Å². The summed E-state index contributed by atoms with van der Waals surface area (Å²) >= 11 is 0. The van der Waals surface area contributed by atoms with E-state index in [9.17, 15) is 24.9 Å². The maximum atomic E-state index is 11.5. The number of aromatic nitrogens is 6.